The first-order valence-electron chi connectivity index (χ1n) is 5.35. The molecule has 0 spiro atoms. The van der Waals surface area contributed by atoms with Crippen molar-refractivity contribution >= 4 is 11.8 Å². The van der Waals surface area contributed by atoms with E-state index >= 15 is 0 Å². The lowest BCUT2D eigenvalue weighted by molar-refractivity contribution is 0.696. The third-order valence-corrected chi connectivity index (χ3v) is 4.73. The third kappa shape index (κ3) is 1.30. The van der Waals surface area contributed by atoms with E-state index in [1.54, 1.807) is 0 Å². The van der Waals surface area contributed by atoms with Gasteiger partial charge in [0.25, 0.3) is 0 Å². The van der Waals surface area contributed by atoms with Crippen LogP contribution in [0, 0.1) is 0 Å². The molecule has 0 aromatic heterocycles. The molecule has 1 aliphatic carbocycles. The minimum atomic E-state index is 0.239. The Kier molecular flexibility index (Phi) is 1.87. The van der Waals surface area contributed by atoms with E-state index in [2.05, 4.69) is 56.3 Å². The molecule has 1 heterocycles. The predicted octanol–water partition coefficient (Wildman–Crippen LogP) is 4.15. The van der Waals surface area contributed by atoms with E-state index in [0.29, 0.717) is 5.92 Å². The molecule has 0 saturated carbocycles. The average molecular weight is 214 g/mol. The highest BCUT2D eigenvalue weighted by Crippen LogP contribution is 2.55. The Bertz CT molecular complexity index is 470. The monoisotopic (exact) mass is 214 g/mol. The number of fused-ring (bicyclic) bond motifs is 3. The number of allylic oxidation sites excluding steroid dienone is 3. The Balaban J connectivity index is 2.17. The maximum absolute atomic E-state index is 2.40. The first kappa shape index (κ1) is 9.29. The highest BCUT2D eigenvalue weighted by molar-refractivity contribution is 8.01. The van der Waals surface area contributed by atoms with Gasteiger partial charge < -0.3 is 0 Å². The van der Waals surface area contributed by atoms with Crippen molar-refractivity contribution in [1.82, 2.24) is 0 Å². The smallest absolute Gasteiger partial charge is 0.0464 e. The molecule has 1 aromatic carbocycles. The highest BCUT2D eigenvalue weighted by atomic mass is 32.2. The summed E-state index contributed by atoms with van der Waals surface area (Å²) in [6.07, 6.45) is 7.01. The quantitative estimate of drug-likeness (QED) is 0.625. The van der Waals surface area contributed by atoms with Crippen LogP contribution in [-0.4, -0.2) is 4.75 Å². The van der Waals surface area contributed by atoms with E-state index in [4.69, 9.17) is 0 Å². The van der Waals surface area contributed by atoms with Gasteiger partial charge in [0.15, 0.2) is 0 Å². The summed E-state index contributed by atoms with van der Waals surface area (Å²) in [6.45, 7) is 4.52. The zero-order chi connectivity index (χ0) is 10.5. The molecule has 0 N–H and O–H groups in total. The van der Waals surface area contributed by atoms with Crippen LogP contribution in [0.3, 0.4) is 0 Å². The normalized spacial score (nSPS) is 32.1. The van der Waals surface area contributed by atoms with Crippen molar-refractivity contribution in [2.75, 3.05) is 0 Å². The molecule has 0 bridgehead atoms. The molecule has 0 fully saturated rings. The Hall–Kier alpha value is -0.950. The Morgan fingerprint density at radius 3 is 2.93 bits per heavy atom. The van der Waals surface area contributed by atoms with Crippen molar-refractivity contribution in [2.45, 2.75) is 29.4 Å². The molecule has 1 heteroatoms. The van der Waals surface area contributed by atoms with Gasteiger partial charge in [-0.25, -0.2) is 0 Å². The van der Waals surface area contributed by atoms with Crippen LogP contribution in [0.1, 0.15) is 25.3 Å². The third-order valence-electron chi connectivity index (χ3n) is 3.31. The average Bonchev–Trinajstić information content (AvgIpc) is 2.51. The molecule has 2 atom stereocenters. The van der Waals surface area contributed by atoms with Crippen molar-refractivity contribution in [1.29, 1.82) is 0 Å². The van der Waals surface area contributed by atoms with Crippen LogP contribution in [0.5, 0.6) is 0 Å². The molecule has 3 rings (SSSR count). The van der Waals surface area contributed by atoms with Gasteiger partial charge in [-0.15, -0.1) is 11.8 Å². The van der Waals surface area contributed by atoms with Crippen LogP contribution < -0.4 is 0 Å². The molecule has 1 aromatic rings. The fourth-order valence-corrected chi connectivity index (χ4v) is 3.84. The van der Waals surface area contributed by atoms with Crippen molar-refractivity contribution in [3.63, 3.8) is 0 Å². The van der Waals surface area contributed by atoms with E-state index < -0.39 is 0 Å². The second-order valence-electron chi connectivity index (χ2n) is 4.55. The van der Waals surface area contributed by atoms with Gasteiger partial charge in [-0.05, 0) is 25.5 Å². The molecule has 0 amide bonds. The largest absolute Gasteiger partial charge is 0.114 e. The fourth-order valence-electron chi connectivity index (χ4n) is 2.45. The van der Waals surface area contributed by atoms with Crippen LogP contribution in [0.25, 0.3) is 0 Å². The van der Waals surface area contributed by atoms with Gasteiger partial charge in [-0.2, -0.15) is 0 Å². The summed E-state index contributed by atoms with van der Waals surface area (Å²) in [5.74, 6) is 0.559. The fraction of sp³-hybridized carbons (Fsp3) is 0.286. The topological polar surface area (TPSA) is 0 Å². The SMILES string of the molecule is CC1=CC2c3ccccc3SC2(C)C=C1. The van der Waals surface area contributed by atoms with Crippen molar-refractivity contribution in [2.24, 2.45) is 0 Å². The first-order valence-corrected chi connectivity index (χ1v) is 6.16. The summed E-state index contributed by atoms with van der Waals surface area (Å²) in [6, 6.07) is 8.78. The van der Waals surface area contributed by atoms with Crippen molar-refractivity contribution < 1.29 is 0 Å². The molecular weight excluding hydrogens is 200 g/mol. The molecule has 2 unspecified atom stereocenters. The Morgan fingerprint density at radius 2 is 2.07 bits per heavy atom. The summed E-state index contributed by atoms with van der Waals surface area (Å²) in [5.41, 5.74) is 2.88. The minimum absolute atomic E-state index is 0.239. The predicted molar refractivity (Wildman–Crippen MR) is 66.3 cm³/mol. The van der Waals surface area contributed by atoms with Gasteiger partial charge in [0.05, 0.1) is 0 Å². The molecule has 1 aliphatic heterocycles. The summed E-state index contributed by atoms with van der Waals surface area (Å²) in [7, 11) is 0. The van der Waals surface area contributed by atoms with Gasteiger partial charge in [0, 0.05) is 15.6 Å². The van der Waals surface area contributed by atoms with Crippen LogP contribution >= 0.6 is 11.8 Å². The summed E-state index contributed by atoms with van der Waals surface area (Å²) in [4.78, 5) is 1.45. The molecule has 2 aliphatic rings. The zero-order valence-electron chi connectivity index (χ0n) is 9.03. The van der Waals surface area contributed by atoms with E-state index in [0.717, 1.165) is 0 Å². The lowest BCUT2D eigenvalue weighted by Crippen LogP contribution is -2.23. The van der Waals surface area contributed by atoms with Crippen molar-refractivity contribution in [3.8, 4) is 0 Å². The first-order chi connectivity index (χ1) is 7.19. The van der Waals surface area contributed by atoms with E-state index in [1.165, 1.54) is 16.0 Å². The van der Waals surface area contributed by atoms with Crippen molar-refractivity contribution in [3.05, 3.63) is 53.6 Å². The number of benzene rings is 1. The Morgan fingerprint density at radius 1 is 1.27 bits per heavy atom. The number of hydrogen-bond donors (Lipinski definition) is 0. The second-order valence-corrected chi connectivity index (χ2v) is 6.07. The number of thioether (sulfide) groups is 1. The number of rotatable bonds is 0. The molecule has 15 heavy (non-hydrogen) atoms. The molecule has 0 nitrogen and oxygen atoms in total. The summed E-state index contributed by atoms with van der Waals surface area (Å²) >= 11 is 1.99. The molecule has 0 radical (unpaired) electrons. The van der Waals surface area contributed by atoms with Gasteiger partial charge in [0.1, 0.15) is 0 Å². The van der Waals surface area contributed by atoms with Gasteiger partial charge >= 0.3 is 0 Å². The van der Waals surface area contributed by atoms with Gasteiger partial charge in [0.2, 0.25) is 0 Å². The second kappa shape index (κ2) is 3.02. The van der Waals surface area contributed by atoms with Crippen LogP contribution in [0.2, 0.25) is 0 Å². The zero-order valence-corrected chi connectivity index (χ0v) is 9.84. The van der Waals surface area contributed by atoms with Gasteiger partial charge in [-0.1, -0.05) is 42.0 Å². The maximum atomic E-state index is 2.40. The highest BCUT2D eigenvalue weighted by Gasteiger charge is 2.41. The van der Waals surface area contributed by atoms with Gasteiger partial charge in [-0.3, -0.25) is 0 Å². The molecule has 0 saturated heterocycles. The number of hydrogen-bond acceptors (Lipinski definition) is 1. The standard InChI is InChI=1S/C14H14S/c1-10-7-8-14(2)12(9-10)11-5-3-4-6-13(11)15-14/h3-9,12H,1-2H3. The summed E-state index contributed by atoms with van der Waals surface area (Å²) < 4.78 is 0.239. The molecular formula is C14H14S. The Labute approximate surface area is 95.1 Å². The summed E-state index contributed by atoms with van der Waals surface area (Å²) in [5, 5.41) is 0. The van der Waals surface area contributed by atoms with Crippen LogP contribution in [0.15, 0.2) is 53.0 Å². The van der Waals surface area contributed by atoms with Crippen LogP contribution in [-0.2, 0) is 0 Å². The lowest BCUT2D eigenvalue weighted by Gasteiger charge is -2.28. The lowest BCUT2D eigenvalue weighted by atomic mass is 9.82. The minimum Gasteiger partial charge on any atom is -0.114 e. The van der Waals surface area contributed by atoms with Crippen LogP contribution in [0.4, 0.5) is 0 Å². The molecule has 76 valence electrons. The van der Waals surface area contributed by atoms with E-state index in [1.807, 2.05) is 11.8 Å². The van der Waals surface area contributed by atoms with E-state index in [9.17, 15) is 0 Å². The maximum Gasteiger partial charge on any atom is 0.0464 e. The van der Waals surface area contributed by atoms with E-state index in [-0.39, 0.29) is 4.75 Å².